The summed E-state index contributed by atoms with van der Waals surface area (Å²) >= 11 is 11.5. The lowest BCUT2D eigenvalue weighted by Crippen LogP contribution is -2.20. The average Bonchev–Trinajstić information content (AvgIpc) is 2.64. The largest absolute Gasteiger partial charge is 0.394 e. The van der Waals surface area contributed by atoms with Crippen LogP contribution >= 0.6 is 23.2 Å². The van der Waals surface area contributed by atoms with Crippen molar-refractivity contribution in [2.45, 2.75) is 29.9 Å². The van der Waals surface area contributed by atoms with Gasteiger partial charge in [0.05, 0.1) is 12.0 Å². The SMILES string of the molecule is C[C@@H](Cl)[C@H](Cl)[C@H]1O[C@H]1CO. The van der Waals surface area contributed by atoms with E-state index in [-0.39, 0.29) is 29.6 Å². The van der Waals surface area contributed by atoms with Gasteiger partial charge < -0.3 is 9.84 Å². The second-order valence-electron chi connectivity index (χ2n) is 2.44. The normalized spacial score (nSPS) is 37.2. The Balaban J connectivity index is 2.25. The minimum atomic E-state index is -0.182. The standard InChI is InChI=1S/C6H10Cl2O2/c1-3(7)5(8)6-4(2-9)10-6/h3-6,9H,2H2,1H3/t3-,4+,5+,6+/m1/s1. The van der Waals surface area contributed by atoms with Gasteiger partial charge in [-0.25, -0.2) is 0 Å². The van der Waals surface area contributed by atoms with Crippen LogP contribution in [0.25, 0.3) is 0 Å². The summed E-state index contributed by atoms with van der Waals surface area (Å²) in [7, 11) is 0. The molecule has 1 aliphatic rings. The smallest absolute Gasteiger partial charge is 0.109 e. The van der Waals surface area contributed by atoms with Gasteiger partial charge in [-0.05, 0) is 6.92 Å². The van der Waals surface area contributed by atoms with Crippen LogP contribution in [0.2, 0.25) is 0 Å². The lowest BCUT2D eigenvalue weighted by atomic mass is 10.2. The molecule has 0 bridgehead atoms. The quantitative estimate of drug-likeness (QED) is 0.525. The van der Waals surface area contributed by atoms with Crippen LogP contribution in [0.1, 0.15) is 6.92 Å². The van der Waals surface area contributed by atoms with Crippen molar-refractivity contribution in [1.29, 1.82) is 0 Å². The highest BCUT2D eigenvalue weighted by Crippen LogP contribution is 2.31. The molecular weight excluding hydrogens is 175 g/mol. The van der Waals surface area contributed by atoms with E-state index in [9.17, 15) is 0 Å². The first-order valence-electron chi connectivity index (χ1n) is 3.21. The predicted molar refractivity (Wildman–Crippen MR) is 40.7 cm³/mol. The number of epoxide rings is 1. The molecule has 1 N–H and O–H groups in total. The van der Waals surface area contributed by atoms with Gasteiger partial charge in [-0.1, -0.05) is 0 Å². The average molecular weight is 185 g/mol. The summed E-state index contributed by atoms with van der Waals surface area (Å²) < 4.78 is 5.02. The zero-order valence-electron chi connectivity index (χ0n) is 5.63. The van der Waals surface area contributed by atoms with E-state index < -0.39 is 0 Å². The van der Waals surface area contributed by atoms with Gasteiger partial charge in [0.15, 0.2) is 0 Å². The van der Waals surface area contributed by atoms with Crippen molar-refractivity contribution in [3.05, 3.63) is 0 Å². The molecular formula is C6H10Cl2O2. The van der Waals surface area contributed by atoms with E-state index in [1.807, 2.05) is 6.92 Å². The molecule has 0 unspecified atom stereocenters. The maximum atomic E-state index is 8.58. The van der Waals surface area contributed by atoms with E-state index in [0.717, 1.165) is 0 Å². The summed E-state index contributed by atoms with van der Waals surface area (Å²) in [6.07, 6.45) is -0.122. The highest BCUT2D eigenvalue weighted by atomic mass is 35.5. The first-order chi connectivity index (χ1) is 4.66. The third-order valence-corrected chi connectivity index (χ3v) is 2.58. The number of aliphatic hydroxyl groups excluding tert-OH is 1. The minimum absolute atomic E-state index is 0.0392. The van der Waals surface area contributed by atoms with Crippen molar-refractivity contribution in [2.75, 3.05) is 6.61 Å². The summed E-state index contributed by atoms with van der Waals surface area (Å²) in [5, 5.41) is 8.29. The fourth-order valence-corrected chi connectivity index (χ4v) is 1.21. The molecule has 0 aliphatic carbocycles. The Hall–Kier alpha value is 0.500. The van der Waals surface area contributed by atoms with E-state index in [0.29, 0.717) is 0 Å². The van der Waals surface area contributed by atoms with Gasteiger partial charge in [-0.2, -0.15) is 0 Å². The number of rotatable bonds is 3. The van der Waals surface area contributed by atoms with Gasteiger partial charge in [-0.15, -0.1) is 23.2 Å². The molecule has 1 fully saturated rings. The van der Waals surface area contributed by atoms with Crippen LogP contribution in [0.5, 0.6) is 0 Å². The van der Waals surface area contributed by atoms with Crippen molar-refractivity contribution < 1.29 is 9.84 Å². The Kier molecular flexibility index (Phi) is 2.81. The Morgan fingerprint density at radius 2 is 2.20 bits per heavy atom. The molecule has 1 aliphatic heterocycles. The maximum absolute atomic E-state index is 8.58. The van der Waals surface area contributed by atoms with E-state index in [2.05, 4.69) is 0 Å². The van der Waals surface area contributed by atoms with Crippen molar-refractivity contribution >= 4 is 23.2 Å². The topological polar surface area (TPSA) is 32.8 Å². The van der Waals surface area contributed by atoms with Gasteiger partial charge in [0.25, 0.3) is 0 Å². The molecule has 1 rings (SSSR count). The molecule has 1 saturated heterocycles. The molecule has 0 spiro atoms. The van der Waals surface area contributed by atoms with Gasteiger partial charge in [0.2, 0.25) is 0 Å². The number of aliphatic hydroxyl groups is 1. The van der Waals surface area contributed by atoms with Crippen molar-refractivity contribution in [3.63, 3.8) is 0 Å². The van der Waals surface area contributed by atoms with Crippen LogP contribution in [0.3, 0.4) is 0 Å². The van der Waals surface area contributed by atoms with Crippen LogP contribution in [0.15, 0.2) is 0 Å². The van der Waals surface area contributed by atoms with Gasteiger partial charge in [-0.3, -0.25) is 0 Å². The number of alkyl halides is 2. The van der Waals surface area contributed by atoms with E-state index >= 15 is 0 Å². The van der Waals surface area contributed by atoms with Crippen LogP contribution in [0.4, 0.5) is 0 Å². The molecule has 10 heavy (non-hydrogen) atoms. The van der Waals surface area contributed by atoms with Crippen LogP contribution in [0, 0.1) is 0 Å². The second kappa shape index (κ2) is 3.26. The maximum Gasteiger partial charge on any atom is 0.109 e. The highest BCUT2D eigenvalue weighted by Gasteiger charge is 2.45. The summed E-state index contributed by atoms with van der Waals surface area (Å²) in [5.41, 5.74) is 0. The van der Waals surface area contributed by atoms with Gasteiger partial charge >= 0.3 is 0 Å². The fraction of sp³-hybridized carbons (Fsp3) is 1.00. The highest BCUT2D eigenvalue weighted by molar-refractivity contribution is 6.30. The van der Waals surface area contributed by atoms with Crippen LogP contribution < -0.4 is 0 Å². The monoisotopic (exact) mass is 184 g/mol. The van der Waals surface area contributed by atoms with E-state index in [1.54, 1.807) is 0 Å². The van der Waals surface area contributed by atoms with Gasteiger partial charge in [0.1, 0.15) is 12.2 Å². The number of halogens is 2. The third-order valence-electron chi connectivity index (χ3n) is 1.55. The molecule has 0 aromatic rings. The molecule has 0 amide bonds. The summed E-state index contributed by atoms with van der Waals surface area (Å²) in [6, 6.07) is 0. The van der Waals surface area contributed by atoms with Crippen molar-refractivity contribution in [1.82, 2.24) is 0 Å². The molecule has 2 nitrogen and oxygen atoms in total. The summed E-state index contributed by atoms with van der Waals surface area (Å²) in [5.74, 6) is 0. The molecule has 0 saturated carbocycles. The Morgan fingerprint density at radius 1 is 1.60 bits per heavy atom. The number of hydrogen-bond donors (Lipinski definition) is 1. The van der Waals surface area contributed by atoms with Gasteiger partial charge in [0, 0.05) is 5.38 Å². The minimum Gasteiger partial charge on any atom is -0.394 e. The van der Waals surface area contributed by atoms with Crippen LogP contribution in [-0.2, 0) is 4.74 Å². The predicted octanol–water partition coefficient (Wildman–Crippen LogP) is 0.981. The van der Waals surface area contributed by atoms with Crippen molar-refractivity contribution in [3.8, 4) is 0 Å². The molecule has 60 valence electrons. The first-order valence-corrected chi connectivity index (χ1v) is 4.08. The third kappa shape index (κ3) is 1.76. The molecule has 4 heteroatoms. The van der Waals surface area contributed by atoms with Crippen LogP contribution in [-0.4, -0.2) is 34.7 Å². The first kappa shape index (κ1) is 8.60. The Bertz CT molecular complexity index is 118. The lowest BCUT2D eigenvalue weighted by molar-refractivity contribution is 0.242. The molecule has 1 heterocycles. The number of ether oxygens (including phenoxy) is 1. The zero-order chi connectivity index (χ0) is 7.72. The number of hydrogen-bond acceptors (Lipinski definition) is 2. The van der Waals surface area contributed by atoms with Crippen molar-refractivity contribution in [2.24, 2.45) is 0 Å². The zero-order valence-corrected chi connectivity index (χ0v) is 7.14. The summed E-state index contributed by atoms with van der Waals surface area (Å²) in [4.78, 5) is 0. The van der Waals surface area contributed by atoms with E-state index in [1.165, 1.54) is 0 Å². The molecule has 0 aromatic heterocycles. The lowest BCUT2D eigenvalue weighted by Gasteiger charge is -2.06. The fourth-order valence-electron chi connectivity index (χ4n) is 0.845. The summed E-state index contributed by atoms with van der Waals surface area (Å²) in [6.45, 7) is 1.85. The van der Waals surface area contributed by atoms with E-state index in [4.69, 9.17) is 33.0 Å². The molecule has 0 aromatic carbocycles. The Labute approximate surface area is 70.1 Å². The Morgan fingerprint density at radius 3 is 2.50 bits per heavy atom. The molecule has 0 radical (unpaired) electrons. The second-order valence-corrected chi connectivity index (χ2v) is 3.64. The molecule has 4 atom stereocenters.